The smallest absolute Gasteiger partial charge is 0.224 e. The van der Waals surface area contributed by atoms with Gasteiger partial charge in [0.05, 0.1) is 25.7 Å². The first-order valence-electron chi connectivity index (χ1n) is 9.63. The van der Waals surface area contributed by atoms with Gasteiger partial charge in [0, 0.05) is 46.3 Å². The molecule has 3 heterocycles. The maximum atomic E-state index is 12.3. The molecule has 0 radical (unpaired) electrons. The lowest BCUT2D eigenvalue weighted by Crippen LogP contribution is -2.40. The van der Waals surface area contributed by atoms with Crippen molar-refractivity contribution in [2.75, 3.05) is 39.9 Å². The summed E-state index contributed by atoms with van der Waals surface area (Å²) < 4.78 is 7.12. The van der Waals surface area contributed by atoms with E-state index in [1.807, 2.05) is 11.9 Å². The second-order valence-corrected chi connectivity index (χ2v) is 7.46. The molecule has 0 spiro atoms. The molecule has 8 heteroatoms. The molecule has 0 aromatic carbocycles. The molecule has 2 saturated heterocycles. The Kier molecular flexibility index (Phi) is 6.61. The predicted molar refractivity (Wildman–Crippen MR) is 96.6 cm³/mol. The van der Waals surface area contributed by atoms with Gasteiger partial charge < -0.3 is 19.3 Å². The fraction of sp³-hybridized carbons (Fsp3) is 0.833. The summed E-state index contributed by atoms with van der Waals surface area (Å²) in [5.41, 5.74) is 0. The molecule has 0 aliphatic carbocycles. The van der Waals surface area contributed by atoms with Gasteiger partial charge in [0.25, 0.3) is 0 Å². The van der Waals surface area contributed by atoms with E-state index in [1.165, 1.54) is 0 Å². The van der Waals surface area contributed by atoms with Gasteiger partial charge in [-0.2, -0.15) is 0 Å². The summed E-state index contributed by atoms with van der Waals surface area (Å²) in [6.45, 7) is 4.56. The van der Waals surface area contributed by atoms with Crippen LogP contribution in [0.15, 0.2) is 0 Å². The quantitative estimate of drug-likeness (QED) is 0.791. The van der Waals surface area contributed by atoms with E-state index in [-0.39, 0.29) is 17.9 Å². The number of carbonyl (C=O) groups excluding carboxylic acids is 1. The Hall–Kier alpha value is -1.51. The summed E-state index contributed by atoms with van der Waals surface area (Å²) in [7, 11) is 3.64. The molecule has 1 atom stereocenters. The number of ether oxygens (including phenoxy) is 1. The SMILES string of the molecule is COCCC(=O)N1CCC[C@H](c2nnc(CN3CCC(O)CC3)n2C)C1. The number of methoxy groups -OCH3 is 1. The average molecular weight is 365 g/mol. The van der Waals surface area contributed by atoms with Gasteiger partial charge in [-0.1, -0.05) is 0 Å². The number of hydrogen-bond acceptors (Lipinski definition) is 6. The standard InChI is InChI=1S/C18H31N5O3/c1-21-16(13-22-9-5-15(24)6-10-22)19-20-18(21)14-4-3-8-23(12-14)17(25)7-11-26-2/h14-15,24H,3-13H2,1-2H3/t14-/m0/s1. The minimum absolute atomic E-state index is 0.158. The minimum Gasteiger partial charge on any atom is -0.393 e. The van der Waals surface area contributed by atoms with Gasteiger partial charge in [0.2, 0.25) is 5.91 Å². The van der Waals surface area contributed by atoms with Crippen LogP contribution in [0.3, 0.4) is 0 Å². The second kappa shape index (κ2) is 8.92. The summed E-state index contributed by atoms with van der Waals surface area (Å²) in [5, 5.41) is 18.5. The molecule has 8 nitrogen and oxygen atoms in total. The van der Waals surface area contributed by atoms with Gasteiger partial charge in [-0.05, 0) is 25.7 Å². The van der Waals surface area contributed by atoms with Crippen molar-refractivity contribution in [1.82, 2.24) is 24.6 Å². The van der Waals surface area contributed by atoms with Crippen molar-refractivity contribution >= 4 is 5.91 Å². The Morgan fingerprint density at radius 1 is 1.23 bits per heavy atom. The van der Waals surface area contributed by atoms with E-state index < -0.39 is 0 Å². The van der Waals surface area contributed by atoms with E-state index >= 15 is 0 Å². The van der Waals surface area contributed by atoms with E-state index in [1.54, 1.807) is 7.11 Å². The van der Waals surface area contributed by atoms with Crippen LogP contribution in [0.5, 0.6) is 0 Å². The highest BCUT2D eigenvalue weighted by molar-refractivity contribution is 5.76. The van der Waals surface area contributed by atoms with Gasteiger partial charge in [-0.3, -0.25) is 9.69 Å². The van der Waals surface area contributed by atoms with Crippen molar-refractivity contribution < 1.29 is 14.6 Å². The second-order valence-electron chi connectivity index (χ2n) is 7.46. The number of hydrogen-bond donors (Lipinski definition) is 1. The van der Waals surface area contributed by atoms with Crippen molar-refractivity contribution in [1.29, 1.82) is 0 Å². The van der Waals surface area contributed by atoms with Crippen LogP contribution in [0, 0.1) is 0 Å². The zero-order valence-electron chi connectivity index (χ0n) is 15.9. The molecule has 3 rings (SSSR count). The van der Waals surface area contributed by atoms with E-state index in [0.717, 1.165) is 63.5 Å². The topological polar surface area (TPSA) is 83.7 Å². The van der Waals surface area contributed by atoms with Crippen molar-refractivity contribution in [3.63, 3.8) is 0 Å². The maximum Gasteiger partial charge on any atom is 0.224 e. The average Bonchev–Trinajstić information content (AvgIpc) is 3.02. The molecule has 0 bridgehead atoms. The molecule has 1 amide bonds. The minimum atomic E-state index is -0.162. The molecule has 146 valence electrons. The fourth-order valence-electron chi connectivity index (χ4n) is 3.91. The number of piperidine rings is 2. The Bertz CT molecular complexity index is 598. The summed E-state index contributed by atoms with van der Waals surface area (Å²) >= 11 is 0. The summed E-state index contributed by atoms with van der Waals surface area (Å²) in [6.07, 6.45) is 3.96. The highest BCUT2D eigenvalue weighted by Crippen LogP contribution is 2.26. The van der Waals surface area contributed by atoms with Crippen molar-refractivity contribution in [3.05, 3.63) is 11.6 Å². The van der Waals surface area contributed by atoms with E-state index in [4.69, 9.17) is 4.74 Å². The van der Waals surface area contributed by atoms with E-state index in [9.17, 15) is 9.90 Å². The molecule has 1 aromatic heterocycles. The number of aromatic nitrogens is 3. The monoisotopic (exact) mass is 365 g/mol. The molecule has 2 fully saturated rings. The molecule has 1 N–H and O–H groups in total. The Balaban J connectivity index is 1.60. The van der Waals surface area contributed by atoms with Gasteiger partial charge >= 0.3 is 0 Å². The van der Waals surface area contributed by atoms with E-state index in [0.29, 0.717) is 19.6 Å². The van der Waals surface area contributed by atoms with Gasteiger partial charge in [0.1, 0.15) is 11.6 Å². The van der Waals surface area contributed by atoms with Crippen LogP contribution in [0.25, 0.3) is 0 Å². The van der Waals surface area contributed by atoms with Crippen LogP contribution in [-0.4, -0.2) is 81.6 Å². The number of amides is 1. The number of nitrogens with zero attached hydrogens (tertiary/aromatic N) is 5. The largest absolute Gasteiger partial charge is 0.393 e. The van der Waals surface area contributed by atoms with E-state index in [2.05, 4.69) is 19.7 Å². The Morgan fingerprint density at radius 2 is 2.00 bits per heavy atom. The lowest BCUT2D eigenvalue weighted by molar-refractivity contribution is -0.133. The van der Waals surface area contributed by atoms with Crippen LogP contribution in [0.1, 0.15) is 49.7 Å². The van der Waals surface area contributed by atoms with Crippen LogP contribution in [0.2, 0.25) is 0 Å². The van der Waals surface area contributed by atoms with Crippen molar-refractivity contribution in [2.45, 2.75) is 50.7 Å². The molecular formula is C18H31N5O3. The molecule has 26 heavy (non-hydrogen) atoms. The molecule has 1 aromatic rings. The first-order chi connectivity index (χ1) is 12.6. The van der Waals surface area contributed by atoms with Crippen LogP contribution in [0.4, 0.5) is 0 Å². The Morgan fingerprint density at radius 3 is 2.73 bits per heavy atom. The molecule has 2 aliphatic rings. The first kappa shape index (κ1) is 19.3. The summed E-state index contributed by atoms with van der Waals surface area (Å²) in [5.74, 6) is 2.33. The van der Waals surface area contributed by atoms with Crippen molar-refractivity contribution in [3.8, 4) is 0 Å². The van der Waals surface area contributed by atoms with Crippen molar-refractivity contribution in [2.24, 2.45) is 7.05 Å². The van der Waals surface area contributed by atoms with Gasteiger partial charge in [0.15, 0.2) is 0 Å². The molecule has 0 saturated carbocycles. The number of rotatable bonds is 6. The zero-order valence-corrected chi connectivity index (χ0v) is 15.9. The third-order valence-electron chi connectivity index (χ3n) is 5.58. The maximum absolute atomic E-state index is 12.3. The number of aliphatic hydroxyl groups is 1. The highest BCUT2D eigenvalue weighted by atomic mass is 16.5. The number of carbonyl (C=O) groups is 1. The molecular weight excluding hydrogens is 334 g/mol. The highest BCUT2D eigenvalue weighted by Gasteiger charge is 2.28. The van der Waals surface area contributed by atoms with Crippen LogP contribution in [-0.2, 0) is 23.1 Å². The van der Waals surface area contributed by atoms with Crippen LogP contribution < -0.4 is 0 Å². The third-order valence-corrected chi connectivity index (χ3v) is 5.58. The van der Waals surface area contributed by atoms with Gasteiger partial charge in [-0.15, -0.1) is 10.2 Å². The summed E-state index contributed by atoms with van der Waals surface area (Å²) in [6, 6.07) is 0. The first-order valence-corrected chi connectivity index (χ1v) is 9.63. The molecule has 2 aliphatic heterocycles. The number of likely N-dealkylation sites (tertiary alicyclic amines) is 2. The lowest BCUT2D eigenvalue weighted by atomic mass is 9.97. The summed E-state index contributed by atoms with van der Waals surface area (Å²) in [4.78, 5) is 16.5. The molecule has 0 unspecified atom stereocenters. The number of aliphatic hydroxyl groups excluding tert-OH is 1. The lowest BCUT2D eigenvalue weighted by Gasteiger charge is -2.32. The third kappa shape index (κ3) is 4.61. The fourth-order valence-corrected chi connectivity index (χ4v) is 3.91. The van der Waals surface area contributed by atoms with Crippen LogP contribution >= 0.6 is 0 Å². The normalized spacial score (nSPS) is 22.7. The van der Waals surface area contributed by atoms with Gasteiger partial charge in [-0.25, -0.2) is 0 Å². The zero-order chi connectivity index (χ0) is 18.5. The predicted octanol–water partition coefficient (Wildman–Crippen LogP) is 0.514. The Labute approximate surface area is 155 Å².